The normalized spacial score (nSPS) is 21.7. The zero-order valence-corrected chi connectivity index (χ0v) is 11.2. The van der Waals surface area contributed by atoms with Crippen LogP contribution in [0.4, 0.5) is 0 Å². The maximum absolute atomic E-state index is 5.87. The van der Waals surface area contributed by atoms with Crippen LogP contribution < -0.4 is 5.73 Å². The highest BCUT2D eigenvalue weighted by Gasteiger charge is 2.34. The average molecular weight is 266 g/mol. The molecule has 0 saturated heterocycles. The molecule has 1 aromatic carbocycles. The molecule has 3 heteroatoms. The van der Waals surface area contributed by atoms with Gasteiger partial charge in [-0.15, -0.1) is 11.3 Å². The molecule has 2 nitrogen and oxygen atoms in total. The van der Waals surface area contributed by atoms with Crippen molar-refractivity contribution in [1.29, 1.82) is 0 Å². The first-order valence-corrected chi connectivity index (χ1v) is 7.38. The number of nitrogens with zero attached hydrogens (tertiary/aromatic N) is 1. The van der Waals surface area contributed by atoms with E-state index < -0.39 is 0 Å². The van der Waals surface area contributed by atoms with Crippen LogP contribution in [0.2, 0.25) is 0 Å². The molecule has 19 heavy (non-hydrogen) atoms. The predicted molar refractivity (Wildman–Crippen MR) is 80.4 cm³/mol. The Labute approximate surface area is 115 Å². The third kappa shape index (κ3) is 1.95. The first kappa shape index (κ1) is 11.1. The summed E-state index contributed by atoms with van der Waals surface area (Å²) in [4.78, 5) is 4.58. The van der Waals surface area contributed by atoms with E-state index >= 15 is 0 Å². The number of nitrogens with two attached hydrogens (primary N) is 1. The van der Waals surface area contributed by atoms with Crippen LogP contribution in [0.1, 0.15) is 17.9 Å². The number of pyridine rings is 1. The van der Waals surface area contributed by atoms with Gasteiger partial charge in [-0.1, -0.05) is 12.1 Å². The quantitative estimate of drug-likeness (QED) is 0.766. The number of fused-ring (bicyclic) bond motifs is 1. The summed E-state index contributed by atoms with van der Waals surface area (Å²) in [6.45, 7) is 0. The first-order valence-electron chi connectivity index (χ1n) is 6.50. The number of rotatable bonds is 2. The molecule has 2 aromatic heterocycles. The van der Waals surface area contributed by atoms with Gasteiger partial charge >= 0.3 is 0 Å². The molecule has 2 N–H and O–H groups in total. The number of hydrogen-bond acceptors (Lipinski definition) is 3. The summed E-state index contributed by atoms with van der Waals surface area (Å²) in [6, 6.07) is 13.3. The van der Waals surface area contributed by atoms with E-state index in [4.69, 9.17) is 5.73 Å². The second-order valence-corrected chi connectivity index (χ2v) is 6.10. The molecule has 0 radical (unpaired) electrons. The van der Waals surface area contributed by atoms with Crippen molar-refractivity contribution in [2.24, 2.45) is 5.73 Å². The van der Waals surface area contributed by atoms with E-state index in [0.717, 1.165) is 12.1 Å². The van der Waals surface area contributed by atoms with Crippen molar-refractivity contribution in [2.75, 3.05) is 0 Å². The fraction of sp³-hybridized carbons (Fsp3) is 0.188. The van der Waals surface area contributed by atoms with E-state index in [-0.39, 0.29) is 0 Å². The standard InChI is InChI=1S/C16H14N2S/c17-14-8-13(14)12-1-3-15(18-9-12)10-2-4-16-11(7-10)5-6-19-16/h1-7,9,13-14H,8,17H2. The van der Waals surface area contributed by atoms with Gasteiger partial charge in [-0.25, -0.2) is 0 Å². The van der Waals surface area contributed by atoms with Gasteiger partial charge in [-0.3, -0.25) is 4.98 Å². The van der Waals surface area contributed by atoms with E-state index in [9.17, 15) is 0 Å². The van der Waals surface area contributed by atoms with E-state index in [1.165, 1.54) is 21.2 Å². The lowest BCUT2D eigenvalue weighted by molar-refractivity contribution is 0.981. The summed E-state index contributed by atoms with van der Waals surface area (Å²) in [5, 5.41) is 3.41. The Balaban J connectivity index is 1.70. The van der Waals surface area contributed by atoms with Crippen LogP contribution in [-0.2, 0) is 0 Å². The second-order valence-electron chi connectivity index (χ2n) is 5.16. The van der Waals surface area contributed by atoms with Gasteiger partial charge in [0.25, 0.3) is 0 Å². The summed E-state index contributed by atoms with van der Waals surface area (Å²) in [5.41, 5.74) is 9.35. The lowest BCUT2D eigenvalue weighted by atomic mass is 10.1. The van der Waals surface area contributed by atoms with Crippen molar-refractivity contribution in [1.82, 2.24) is 4.98 Å². The van der Waals surface area contributed by atoms with Crippen LogP contribution in [0.3, 0.4) is 0 Å². The van der Waals surface area contributed by atoms with Gasteiger partial charge < -0.3 is 5.73 Å². The monoisotopic (exact) mass is 266 g/mol. The van der Waals surface area contributed by atoms with Crippen molar-refractivity contribution in [3.63, 3.8) is 0 Å². The molecule has 2 unspecified atom stereocenters. The highest BCUT2D eigenvalue weighted by Crippen LogP contribution is 2.39. The van der Waals surface area contributed by atoms with Crippen LogP contribution in [0.5, 0.6) is 0 Å². The molecule has 4 rings (SSSR count). The largest absolute Gasteiger partial charge is 0.327 e. The topological polar surface area (TPSA) is 38.9 Å². The number of thiophene rings is 1. The molecular weight excluding hydrogens is 252 g/mol. The highest BCUT2D eigenvalue weighted by atomic mass is 32.1. The molecule has 1 aliphatic carbocycles. The van der Waals surface area contributed by atoms with Crippen molar-refractivity contribution >= 4 is 21.4 Å². The van der Waals surface area contributed by atoms with Crippen LogP contribution in [0.25, 0.3) is 21.3 Å². The van der Waals surface area contributed by atoms with E-state index in [1.807, 2.05) is 6.20 Å². The van der Waals surface area contributed by atoms with Gasteiger partial charge in [0, 0.05) is 28.4 Å². The molecule has 1 fully saturated rings. The Morgan fingerprint density at radius 3 is 2.79 bits per heavy atom. The van der Waals surface area contributed by atoms with Crippen LogP contribution in [0.15, 0.2) is 48.0 Å². The molecule has 0 amide bonds. The summed E-state index contributed by atoms with van der Waals surface area (Å²) in [7, 11) is 0. The van der Waals surface area contributed by atoms with Crippen molar-refractivity contribution < 1.29 is 0 Å². The molecule has 0 spiro atoms. The Morgan fingerprint density at radius 1 is 1.16 bits per heavy atom. The summed E-state index contributed by atoms with van der Waals surface area (Å²) in [6.07, 6.45) is 3.08. The molecule has 0 aliphatic heterocycles. The SMILES string of the molecule is NC1CC1c1ccc(-c2ccc3sccc3c2)nc1. The van der Waals surface area contributed by atoms with Gasteiger partial charge in [-0.05, 0) is 47.0 Å². The van der Waals surface area contributed by atoms with E-state index in [1.54, 1.807) is 11.3 Å². The van der Waals surface area contributed by atoms with Gasteiger partial charge in [0.05, 0.1) is 5.69 Å². The minimum atomic E-state index is 0.342. The minimum absolute atomic E-state index is 0.342. The Bertz CT molecular complexity index is 730. The van der Waals surface area contributed by atoms with Crippen molar-refractivity contribution in [2.45, 2.75) is 18.4 Å². The predicted octanol–water partition coefficient (Wildman–Crippen LogP) is 3.78. The molecule has 0 bridgehead atoms. The third-order valence-corrected chi connectivity index (χ3v) is 4.70. The highest BCUT2D eigenvalue weighted by molar-refractivity contribution is 7.17. The zero-order valence-electron chi connectivity index (χ0n) is 10.4. The molecule has 2 heterocycles. The molecule has 3 aromatic rings. The third-order valence-electron chi connectivity index (χ3n) is 3.80. The average Bonchev–Trinajstić information content (AvgIpc) is 3.00. The molecule has 94 valence electrons. The van der Waals surface area contributed by atoms with Crippen LogP contribution in [0, 0.1) is 0 Å². The summed E-state index contributed by atoms with van der Waals surface area (Å²) < 4.78 is 1.32. The fourth-order valence-electron chi connectivity index (χ4n) is 2.52. The molecular formula is C16H14N2S. The summed E-state index contributed by atoms with van der Waals surface area (Å²) in [5.74, 6) is 0.529. The van der Waals surface area contributed by atoms with Gasteiger partial charge in [0.2, 0.25) is 0 Å². The maximum Gasteiger partial charge on any atom is 0.0702 e. The van der Waals surface area contributed by atoms with Crippen molar-refractivity contribution in [3.8, 4) is 11.3 Å². The van der Waals surface area contributed by atoms with Gasteiger partial charge in [-0.2, -0.15) is 0 Å². The lowest BCUT2D eigenvalue weighted by Crippen LogP contribution is -2.01. The second kappa shape index (κ2) is 4.15. The first-order chi connectivity index (χ1) is 9.31. The Kier molecular flexibility index (Phi) is 2.43. The molecule has 1 saturated carbocycles. The van der Waals surface area contributed by atoms with Crippen molar-refractivity contribution in [3.05, 3.63) is 53.5 Å². The van der Waals surface area contributed by atoms with Gasteiger partial charge in [0.15, 0.2) is 0 Å². The summed E-state index contributed by atoms with van der Waals surface area (Å²) >= 11 is 1.77. The fourth-order valence-corrected chi connectivity index (χ4v) is 3.29. The van der Waals surface area contributed by atoms with E-state index in [2.05, 4.69) is 46.8 Å². The van der Waals surface area contributed by atoms with E-state index in [0.29, 0.717) is 12.0 Å². The van der Waals surface area contributed by atoms with Gasteiger partial charge in [0.1, 0.15) is 0 Å². The van der Waals surface area contributed by atoms with Crippen LogP contribution >= 0.6 is 11.3 Å². The van der Waals surface area contributed by atoms with Crippen LogP contribution in [-0.4, -0.2) is 11.0 Å². The Morgan fingerprint density at radius 2 is 2.05 bits per heavy atom. The smallest absolute Gasteiger partial charge is 0.0702 e. The minimum Gasteiger partial charge on any atom is -0.327 e. The Hall–Kier alpha value is -1.71. The molecule has 1 aliphatic rings. The number of aromatic nitrogens is 1. The lowest BCUT2D eigenvalue weighted by Gasteiger charge is -2.03. The molecule has 2 atom stereocenters. The zero-order chi connectivity index (χ0) is 12.8. The number of benzene rings is 1. The number of hydrogen-bond donors (Lipinski definition) is 1. The maximum atomic E-state index is 5.87.